The van der Waals surface area contributed by atoms with Gasteiger partial charge in [-0.2, -0.15) is 0 Å². The maximum atomic E-state index is 13.8. The smallest absolute Gasteiger partial charge is 0.407 e. The number of azide groups is 1. The van der Waals surface area contributed by atoms with E-state index in [-0.39, 0.29) is 53.1 Å². The Balaban J connectivity index is 1.21. The van der Waals surface area contributed by atoms with Crippen LogP contribution in [0.4, 0.5) is 4.79 Å². The van der Waals surface area contributed by atoms with Gasteiger partial charge in [0, 0.05) is 47.2 Å². The van der Waals surface area contributed by atoms with Crippen LogP contribution in [0.2, 0.25) is 0 Å². The Morgan fingerprint density at radius 2 is 1.75 bits per heavy atom. The van der Waals surface area contributed by atoms with Gasteiger partial charge in [-0.3, -0.25) is 9.59 Å². The molecule has 1 aliphatic heterocycles. The summed E-state index contributed by atoms with van der Waals surface area (Å²) in [5.41, 5.74) is 8.41. The molecule has 8 atom stereocenters. The van der Waals surface area contributed by atoms with Crippen LogP contribution >= 0.6 is 11.8 Å². The predicted octanol–water partition coefficient (Wildman–Crippen LogP) is 7.34. The SMILES string of the molecule is C[C@@H]1CC[C@@]23CCC4(OCCO4)[C@H]2[C@]1(C)[C@@H](OC(=O)CSc1ccc(CC(=O)NCCCNC(=O)OC(C)(C)C)cc1)C[C@H](CCCCN=[N+]=[N-])[C@@H](O)[C@@H]3C. The number of carbonyl (C=O) groups excluding carboxylic acids is 3. The highest BCUT2D eigenvalue weighted by molar-refractivity contribution is 8.00. The first-order chi connectivity index (χ1) is 26.1. The van der Waals surface area contributed by atoms with Gasteiger partial charge in [-0.05, 0) is 112 Å². The van der Waals surface area contributed by atoms with Crippen molar-refractivity contribution in [3.8, 4) is 0 Å². The standard InChI is InChI=1S/C41H63N5O8S/c1-27-15-16-40-17-18-41(51-22-23-52-41)36(40)39(27,6)32(25-30(35(49)28(40)2)10-7-8-21-45-46-42)53-34(48)26-55-31-13-11-29(12-14-31)24-33(47)43-19-9-20-44-37(50)54-38(3,4)5/h11-14,27-28,30,32,35-36,49H,7-10,15-26H2,1-6H3,(H,43,47)(H,44,50)/t27-,28+,30+,32+,35+,36+,39+,40+/m1/s1. The van der Waals surface area contributed by atoms with E-state index in [4.69, 9.17) is 24.5 Å². The summed E-state index contributed by atoms with van der Waals surface area (Å²) < 4.78 is 24.9. The zero-order valence-electron chi connectivity index (χ0n) is 33.6. The lowest BCUT2D eigenvalue weighted by molar-refractivity contribution is -0.280. The number of unbranched alkanes of at least 4 members (excludes halogenated alkanes) is 1. The lowest BCUT2D eigenvalue weighted by atomic mass is 9.44. The van der Waals surface area contributed by atoms with E-state index in [0.29, 0.717) is 45.7 Å². The average Bonchev–Trinajstić information content (AvgIpc) is 3.75. The lowest BCUT2D eigenvalue weighted by Crippen LogP contribution is -2.65. The Kier molecular flexibility index (Phi) is 14.5. The number of hydrogen-bond donors (Lipinski definition) is 3. The van der Waals surface area contributed by atoms with Crippen molar-refractivity contribution in [3.63, 3.8) is 0 Å². The van der Waals surface area contributed by atoms with Crippen molar-refractivity contribution < 1.29 is 38.4 Å². The minimum Gasteiger partial charge on any atom is -0.461 e. The van der Waals surface area contributed by atoms with Gasteiger partial charge < -0.3 is 34.7 Å². The van der Waals surface area contributed by atoms with Crippen molar-refractivity contribution in [2.75, 3.05) is 38.6 Å². The summed E-state index contributed by atoms with van der Waals surface area (Å²) >= 11 is 1.40. The first-order valence-corrected chi connectivity index (χ1v) is 21.2. The molecule has 3 N–H and O–H groups in total. The molecule has 4 fully saturated rings. The molecule has 1 aromatic rings. The molecule has 1 heterocycles. The van der Waals surface area contributed by atoms with E-state index in [1.165, 1.54) is 11.8 Å². The molecule has 13 nitrogen and oxygen atoms in total. The van der Waals surface area contributed by atoms with Gasteiger partial charge in [0.1, 0.15) is 11.7 Å². The Hall–Kier alpha value is -3.03. The molecule has 0 unspecified atom stereocenters. The van der Waals surface area contributed by atoms with E-state index in [1.54, 1.807) is 20.8 Å². The van der Waals surface area contributed by atoms with E-state index < -0.39 is 35.1 Å². The molecule has 3 aliphatic carbocycles. The van der Waals surface area contributed by atoms with Gasteiger partial charge in [0.2, 0.25) is 5.91 Å². The summed E-state index contributed by atoms with van der Waals surface area (Å²) in [4.78, 5) is 41.9. The number of nitrogens with zero attached hydrogens (tertiary/aromatic N) is 3. The minimum atomic E-state index is -0.740. The third-order valence-corrected chi connectivity index (χ3v) is 14.0. The van der Waals surface area contributed by atoms with Crippen LogP contribution in [-0.4, -0.2) is 85.3 Å². The highest BCUT2D eigenvalue weighted by Gasteiger charge is 2.73. The van der Waals surface area contributed by atoms with Crippen molar-refractivity contribution >= 4 is 29.7 Å². The highest BCUT2D eigenvalue weighted by Crippen LogP contribution is 2.72. The van der Waals surface area contributed by atoms with Crippen molar-refractivity contribution in [3.05, 3.63) is 40.3 Å². The summed E-state index contributed by atoms with van der Waals surface area (Å²) in [6.45, 7) is 14.5. The second kappa shape index (κ2) is 18.5. The molecule has 5 rings (SSSR count). The van der Waals surface area contributed by atoms with Gasteiger partial charge in [0.25, 0.3) is 0 Å². The second-order valence-electron chi connectivity index (χ2n) is 17.4. The molecule has 55 heavy (non-hydrogen) atoms. The summed E-state index contributed by atoms with van der Waals surface area (Å²) in [6.07, 6.45) is 5.81. The monoisotopic (exact) mass is 785 g/mol. The fourth-order valence-corrected chi connectivity index (χ4v) is 10.9. The van der Waals surface area contributed by atoms with E-state index in [9.17, 15) is 19.5 Å². The van der Waals surface area contributed by atoms with Gasteiger partial charge in [-0.25, -0.2) is 4.79 Å². The zero-order chi connectivity index (χ0) is 39.9. The summed E-state index contributed by atoms with van der Waals surface area (Å²) in [5.74, 6) is -0.861. The van der Waals surface area contributed by atoms with Crippen LogP contribution in [0, 0.1) is 34.5 Å². The molecule has 14 heteroatoms. The van der Waals surface area contributed by atoms with E-state index in [1.807, 2.05) is 24.3 Å². The number of alkyl carbamates (subject to hydrolysis) is 1. The number of esters is 1. The number of nitrogens with one attached hydrogen (secondary N) is 2. The summed E-state index contributed by atoms with van der Waals surface area (Å²) in [6, 6.07) is 7.63. The van der Waals surface area contributed by atoms with Gasteiger partial charge >= 0.3 is 12.1 Å². The molecule has 2 bridgehead atoms. The highest BCUT2D eigenvalue weighted by atomic mass is 32.2. The average molecular weight is 786 g/mol. The van der Waals surface area contributed by atoms with Gasteiger partial charge in [-0.1, -0.05) is 44.4 Å². The number of thioether (sulfide) groups is 1. The van der Waals surface area contributed by atoms with Crippen molar-refractivity contribution in [1.29, 1.82) is 0 Å². The number of amides is 2. The molecule has 1 aromatic carbocycles. The number of carbonyl (C=O) groups is 3. The van der Waals surface area contributed by atoms with Gasteiger partial charge in [0.05, 0.1) is 31.5 Å². The lowest BCUT2D eigenvalue weighted by Gasteiger charge is -2.63. The maximum Gasteiger partial charge on any atom is 0.407 e. The van der Waals surface area contributed by atoms with E-state index in [2.05, 4.69) is 41.4 Å². The van der Waals surface area contributed by atoms with Crippen LogP contribution in [0.25, 0.3) is 10.4 Å². The van der Waals surface area contributed by atoms with Crippen LogP contribution in [-0.2, 0) is 35.0 Å². The Labute approximate surface area is 330 Å². The van der Waals surface area contributed by atoms with Crippen LogP contribution in [0.5, 0.6) is 0 Å². The molecule has 0 radical (unpaired) electrons. The molecular weight excluding hydrogens is 723 g/mol. The van der Waals surface area contributed by atoms with Crippen LogP contribution in [0.1, 0.15) is 105 Å². The first kappa shape index (κ1) is 43.1. The van der Waals surface area contributed by atoms with Gasteiger partial charge in [0.15, 0.2) is 5.79 Å². The molecule has 4 aliphatic rings. The topological polar surface area (TPSA) is 181 Å². The fraction of sp³-hybridized carbons (Fsp3) is 0.780. The number of aliphatic hydroxyl groups is 1. The normalized spacial score (nSPS) is 31.0. The molecule has 3 saturated carbocycles. The summed E-state index contributed by atoms with van der Waals surface area (Å²) in [7, 11) is 0. The molecule has 2 amide bonds. The number of hydrogen-bond acceptors (Lipinski definition) is 10. The maximum absolute atomic E-state index is 13.8. The number of aliphatic hydroxyl groups excluding tert-OH is 1. The fourth-order valence-electron chi connectivity index (χ4n) is 10.2. The second-order valence-corrected chi connectivity index (χ2v) is 18.5. The largest absolute Gasteiger partial charge is 0.461 e. The molecular formula is C41H63N5O8S. The molecule has 306 valence electrons. The number of rotatable bonds is 15. The van der Waals surface area contributed by atoms with Crippen molar-refractivity contribution in [1.82, 2.24) is 10.6 Å². The minimum absolute atomic E-state index is 0.0213. The molecule has 1 saturated heterocycles. The van der Waals surface area contributed by atoms with Crippen molar-refractivity contribution in [2.45, 2.75) is 134 Å². The van der Waals surface area contributed by atoms with Crippen LogP contribution in [0.3, 0.4) is 0 Å². The summed E-state index contributed by atoms with van der Waals surface area (Å²) in [5, 5.41) is 21.4. The third-order valence-electron chi connectivity index (χ3n) is 13.0. The Bertz CT molecular complexity index is 1530. The Morgan fingerprint density at radius 3 is 2.44 bits per heavy atom. The van der Waals surface area contributed by atoms with Crippen LogP contribution in [0.15, 0.2) is 34.3 Å². The molecule has 1 spiro atoms. The predicted molar refractivity (Wildman–Crippen MR) is 210 cm³/mol. The van der Waals surface area contributed by atoms with E-state index in [0.717, 1.165) is 55.4 Å². The number of ether oxygens (including phenoxy) is 4. The number of benzene rings is 1. The van der Waals surface area contributed by atoms with Crippen molar-refractivity contribution in [2.24, 2.45) is 39.6 Å². The quantitative estimate of drug-likeness (QED) is 0.0409. The van der Waals surface area contributed by atoms with Gasteiger partial charge in [-0.15, -0.1) is 11.8 Å². The molecule has 0 aromatic heterocycles. The first-order valence-electron chi connectivity index (χ1n) is 20.2. The zero-order valence-corrected chi connectivity index (χ0v) is 34.5. The third kappa shape index (κ3) is 10.1. The van der Waals surface area contributed by atoms with Crippen LogP contribution < -0.4 is 10.6 Å². The van der Waals surface area contributed by atoms with E-state index >= 15 is 0 Å². The Morgan fingerprint density at radius 1 is 1.04 bits per heavy atom.